The third-order valence-electron chi connectivity index (χ3n) is 4.60. The van der Waals surface area contributed by atoms with Crippen molar-refractivity contribution in [1.82, 2.24) is 4.90 Å². The summed E-state index contributed by atoms with van der Waals surface area (Å²) >= 11 is 0. The Bertz CT molecular complexity index is 408. The highest BCUT2D eigenvalue weighted by Gasteiger charge is 2.23. The summed E-state index contributed by atoms with van der Waals surface area (Å²) in [6.07, 6.45) is 6.68. The number of ether oxygens (including phenoxy) is 2. The zero-order valence-electron chi connectivity index (χ0n) is 12.8. The van der Waals surface area contributed by atoms with Crippen molar-refractivity contribution in [3.05, 3.63) is 35.4 Å². The molecule has 1 fully saturated rings. The Balaban J connectivity index is 0.00000161. The van der Waals surface area contributed by atoms with Gasteiger partial charge >= 0.3 is 0 Å². The van der Waals surface area contributed by atoms with Gasteiger partial charge in [0.2, 0.25) is 0 Å². The first-order valence-electron chi connectivity index (χ1n) is 7.83. The Labute approximate surface area is 145 Å². The maximum Gasteiger partial charge on any atom is 0.171 e. The molecule has 0 unspecified atom stereocenters. The molecule has 0 atom stereocenters. The molecule has 4 heteroatoms. The third kappa shape index (κ3) is 4.65. The van der Waals surface area contributed by atoms with Crippen LogP contribution in [0.3, 0.4) is 0 Å². The van der Waals surface area contributed by atoms with Gasteiger partial charge < -0.3 is 9.47 Å². The van der Waals surface area contributed by atoms with E-state index in [-0.39, 0.29) is 30.3 Å². The molecule has 0 amide bonds. The van der Waals surface area contributed by atoms with Gasteiger partial charge in [-0.1, -0.05) is 43.5 Å². The number of hydrogen-bond donors (Lipinski definition) is 0. The van der Waals surface area contributed by atoms with E-state index in [1.807, 2.05) is 0 Å². The average molecular weight is 403 g/mol. The van der Waals surface area contributed by atoms with Gasteiger partial charge in [0.05, 0.1) is 13.2 Å². The lowest BCUT2D eigenvalue weighted by Gasteiger charge is -2.33. The second-order valence-electron chi connectivity index (χ2n) is 6.05. The molecule has 1 aromatic carbocycles. The summed E-state index contributed by atoms with van der Waals surface area (Å²) in [5.74, 6) is 0. The third-order valence-corrected chi connectivity index (χ3v) is 4.60. The highest BCUT2D eigenvalue weighted by molar-refractivity contribution is 14.0. The van der Waals surface area contributed by atoms with Crippen LogP contribution in [0.5, 0.6) is 0 Å². The lowest BCUT2D eigenvalue weighted by atomic mass is 9.94. The van der Waals surface area contributed by atoms with Crippen LogP contribution in [-0.4, -0.2) is 30.8 Å². The molecular weight excluding hydrogens is 377 g/mol. The Morgan fingerprint density at radius 3 is 2.14 bits per heavy atom. The molecular formula is C17H26INO2. The summed E-state index contributed by atoms with van der Waals surface area (Å²) < 4.78 is 11.9. The van der Waals surface area contributed by atoms with Gasteiger partial charge in [-0.2, -0.15) is 0 Å². The minimum absolute atomic E-state index is 0. The quantitative estimate of drug-likeness (QED) is 0.714. The molecule has 3 nitrogen and oxygen atoms in total. The van der Waals surface area contributed by atoms with Gasteiger partial charge in [-0.15, -0.1) is 24.0 Å². The first-order chi connectivity index (χ1) is 9.83. The molecule has 1 saturated carbocycles. The van der Waals surface area contributed by atoms with Crippen LogP contribution in [-0.2, 0) is 22.7 Å². The fourth-order valence-corrected chi connectivity index (χ4v) is 3.26. The van der Waals surface area contributed by atoms with E-state index in [1.165, 1.54) is 43.2 Å². The van der Waals surface area contributed by atoms with Crippen molar-refractivity contribution in [2.45, 2.75) is 57.6 Å². The maximum absolute atomic E-state index is 5.93. The van der Waals surface area contributed by atoms with Crippen molar-refractivity contribution < 1.29 is 9.47 Å². The Morgan fingerprint density at radius 2 is 1.57 bits per heavy atom. The van der Waals surface area contributed by atoms with Crippen molar-refractivity contribution in [3.63, 3.8) is 0 Å². The second-order valence-corrected chi connectivity index (χ2v) is 6.05. The molecule has 0 N–H and O–H groups in total. The van der Waals surface area contributed by atoms with E-state index in [0.29, 0.717) is 19.3 Å². The van der Waals surface area contributed by atoms with E-state index in [2.05, 4.69) is 36.2 Å². The minimum atomic E-state index is -0.102. The van der Waals surface area contributed by atoms with Gasteiger partial charge in [-0.05, 0) is 31.0 Å². The monoisotopic (exact) mass is 403 g/mol. The number of benzene rings is 1. The van der Waals surface area contributed by atoms with Gasteiger partial charge in [0, 0.05) is 12.6 Å². The molecule has 0 radical (unpaired) electrons. The summed E-state index contributed by atoms with van der Waals surface area (Å²) in [5.41, 5.74) is 2.52. The minimum Gasteiger partial charge on any atom is -0.347 e. The Hall–Kier alpha value is -0.170. The number of rotatable bonds is 3. The average Bonchev–Trinajstić information content (AvgIpc) is 2.71. The smallest absolute Gasteiger partial charge is 0.171 e. The van der Waals surface area contributed by atoms with Gasteiger partial charge in [0.25, 0.3) is 0 Å². The summed E-state index contributed by atoms with van der Waals surface area (Å²) in [6.45, 7) is 2.21. The normalized spacial score (nSPS) is 20.7. The zero-order valence-corrected chi connectivity index (χ0v) is 15.1. The van der Waals surface area contributed by atoms with Crippen molar-refractivity contribution >= 4 is 24.0 Å². The standard InChI is InChI=1S/C17H25NO2.HI/c1-18(16-9-3-2-4-10-16)11-17-19-12-14-7-5-6-8-15(14)13-20-17;/h5-8,16-17H,2-4,9-13H2,1H3;1H. The molecule has 0 aromatic heterocycles. The fraction of sp³-hybridized carbons (Fsp3) is 0.647. The van der Waals surface area contributed by atoms with Crippen LogP contribution in [0.25, 0.3) is 0 Å². The Kier molecular flexibility index (Phi) is 6.92. The molecule has 1 aliphatic carbocycles. The van der Waals surface area contributed by atoms with Crippen LogP contribution in [0, 0.1) is 0 Å². The van der Waals surface area contributed by atoms with Crippen LogP contribution in [0.15, 0.2) is 24.3 Å². The molecule has 0 spiro atoms. The van der Waals surface area contributed by atoms with Crippen LogP contribution < -0.4 is 0 Å². The SMILES string of the molecule is CN(CC1OCc2ccccc2CO1)C1CCCCC1.I. The molecule has 1 heterocycles. The van der Waals surface area contributed by atoms with E-state index in [1.54, 1.807) is 0 Å². The molecule has 0 saturated heterocycles. The predicted molar refractivity (Wildman–Crippen MR) is 94.7 cm³/mol. The van der Waals surface area contributed by atoms with Crippen molar-refractivity contribution in [3.8, 4) is 0 Å². The molecule has 2 aliphatic rings. The molecule has 1 aliphatic heterocycles. The summed E-state index contributed by atoms with van der Waals surface area (Å²) in [4.78, 5) is 2.43. The number of hydrogen-bond acceptors (Lipinski definition) is 3. The lowest BCUT2D eigenvalue weighted by Crippen LogP contribution is -2.40. The van der Waals surface area contributed by atoms with E-state index in [4.69, 9.17) is 9.47 Å². The highest BCUT2D eigenvalue weighted by Crippen LogP contribution is 2.23. The largest absolute Gasteiger partial charge is 0.347 e. The van der Waals surface area contributed by atoms with Crippen LogP contribution in [0.4, 0.5) is 0 Å². The number of halogens is 1. The van der Waals surface area contributed by atoms with Crippen LogP contribution in [0.1, 0.15) is 43.2 Å². The number of fused-ring (bicyclic) bond motifs is 1. The summed E-state index contributed by atoms with van der Waals surface area (Å²) in [6, 6.07) is 9.10. The lowest BCUT2D eigenvalue weighted by molar-refractivity contribution is -0.160. The predicted octanol–water partition coefficient (Wildman–Crippen LogP) is 3.94. The first kappa shape index (κ1) is 17.2. The second kappa shape index (κ2) is 8.46. The number of nitrogens with zero attached hydrogens (tertiary/aromatic N) is 1. The number of likely N-dealkylation sites (N-methyl/N-ethyl adjacent to an activating group) is 1. The van der Waals surface area contributed by atoms with E-state index < -0.39 is 0 Å². The van der Waals surface area contributed by atoms with Crippen molar-refractivity contribution in [2.75, 3.05) is 13.6 Å². The zero-order chi connectivity index (χ0) is 13.8. The van der Waals surface area contributed by atoms with Crippen LogP contribution >= 0.6 is 24.0 Å². The maximum atomic E-state index is 5.93. The van der Waals surface area contributed by atoms with Crippen LogP contribution in [0.2, 0.25) is 0 Å². The molecule has 1 aromatic rings. The topological polar surface area (TPSA) is 21.7 Å². The Morgan fingerprint density at radius 1 is 1.00 bits per heavy atom. The summed E-state index contributed by atoms with van der Waals surface area (Å²) in [5, 5.41) is 0. The molecule has 3 rings (SSSR count). The molecule has 0 bridgehead atoms. The molecule has 21 heavy (non-hydrogen) atoms. The van der Waals surface area contributed by atoms with Gasteiger partial charge in [0.15, 0.2) is 6.29 Å². The molecule has 118 valence electrons. The highest BCUT2D eigenvalue weighted by atomic mass is 127. The van der Waals surface area contributed by atoms with E-state index >= 15 is 0 Å². The van der Waals surface area contributed by atoms with Gasteiger partial charge in [-0.25, -0.2) is 0 Å². The van der Waals surface area contributed by atoms with Crippen molar-refractivity contribution in [1.29, 1.82) is 0 Å². The first-order valence-corrected chi connectivity index (χ1v) is 7.83. The summed E-state index contributed by atoms with van der Waals surface area (Å²) in [7, 11) is 2.21. The van der Waals surface area contributed by atoms with E-state index in [9.17, 15) is 0 Å². The van der Waals surface area contributed by atoms with Gasteiger partial charge in [0.1, 0.15) is 0 Å². The van der Waals surface area contributed by atoms with Crippen molar-refractivity contribution in [2.24, 2.45) is 0 Å². The fourth-order valence-electron chi connectivity index (χ4n) is 3.26. The van der Waals surface area contributed by atoms with Gasteiger partial charge in [-0.3, -0.25) is 4.90 Å². The van der Waals surface area contributed by atoms with E-state index in [0.717, 1.165) is 6.54 Å².